The van der Waals surface area contributed by atoms with Gasteiger partial charge in [0.25, 0.3) is 0 Å². The van der Waals surface area contributed by atoms with Crippen molar-refractivity contribution in [3.8, 4) is 22.6 Å². The molecule has 3 nitrogen and oxygen atoms in total. The van der Waals surface area contributed by atoms with Crippen molar-refractivity contribution in [3.05, 3.63) is 72.4 Å². The number of pyridine rings is 1. The summed E-state index contributed by atoms with van der Waals surface area (Å²) < 4.78 is 5.73. The van der Waals surface area contributed by atoms with Gasteiger partial charge in [0.2, 0.25) is 0 Å². The van der Waals surface area contributed by atoms with Crippen molar-refractivity contribution in [1.82, 2.24) is 4.98 Å². The van der Waals surface area contributed by atoms with Gasteiger partial charge in [-0.3, -0.25) is 0 Å². The SMILES string of the molecule is Cc1ccc(-c2ccc(Oc3ccc(N)nc3)cc2)cc1. The molecular formula is C18H16N2O. The Hall–Kier alpha value is -2.81. The zero-order valence-electron chi connectivity index (χ0n) is 11.8. The first-order valence-corrected chi connectivity index (χ1v) is 6.77. The van der Waals surface area contributed by atoms with Gasteiger partial charge in [-0.25, -0.2) is 4.98 Å². The molecule has 0 fully saturated rings. The van der Waals surface area contributed by atoms with Crippen LogP contribution in [-0.4, -0.2) is 4.98 Å². The van der Waals surface area contributed by atoms with Crippen LogP contribution in [0.5, 0.6) is 11.5 Å². The molecule has 1 heterocycles. The predicted molar refractivity (Wildman–Crippen MR) is 85.3 cm³/mol. The summed E-state index contributed by atoms with van der Waals surface area (Å²) in [5, 5.41) is 0. The van der Waals surface area contributed by atoms with Gasteiger partial charge in [0, 0.05) is 0 Å². The third-order valence-electron chi connectivity index (χ3n) is 3.23. The highest BCUT2D eigenvalue weighted by Crippen LogP contribution is 2.25. The zero-order valence-corrected chi connectivity index (χ0v) is 11.8. The van der Waals surface area contributed by atoms with Gasteiger partial charge < -0.3 is 10.5 Å². The number of ether oxygens (including phenoxy) is 1. The Morgan fingerprint density at radius 3 is 1.90 bits per heavy atom. The van der Waals surface area contributed by atoms with E-state index in [4.69, 9.17) is 10.5 Å². The maximum atomic E-state index is 5.73. The van der Waals surface area contributed by atoms with Crippen LogP contribution >= 0.6 is 0 Å². The van der Waals surface area contributed by atoms with E-state index in [-0.39, 0.29) is 0 Å². The fourth-order valence-corrected chi connectivity index (χ4v) is 2.05. The highest BCUT2D eigenvalue weighted by Gasteiger charge is 2.00. The molecule has 0 radical (unpaired) electrons. The lowest BCUT2D eigenvalue weighted by molar-refractivity contribution is 0.480. The Morgan fingerprint density at radius 2 is 1.33 bits per heavy atom. The first-order valence-electron chi connectivity index (χ1n) is 6.77. The Balaban J connectivity index is 1.77. The summed E-state index contributed by atoms with van der Waals surface area (Å²) >= 11 is 0. The molecule has 3 heteroatoms. The lowest BCUT2D eigenvalue weighted by Crippen LogP contribution is -1.90. The summed E-state index contributed by atoms with van der Waals surface area (Å²) in [5.41, 5.74) is 9.17. The number of aryl methyl sites for hydroxylation is 1. The number of benzene rings is 2. The molecule has 0 unspecified atom stereocenters. The van der Waals surface area contributed by atoms with Crippen LogP contribution in [-0.2, 0) is 0 Å². The van der Waals surface area contributed by atoms with Gasteiger partial charge in [-0.1, -0.05) is 42.0 Å². The number of nitrogen functional groups attached to an aromatic ring is 1. The third-order valence-corrected chi connectivity index (χ3v) is 3.23. The molecule has 2 N–H and O–H groups in total. The molecule has 0 spiro atoms. The third kappa shape index (κ3) is 3.20. The summed E-state index contributed by atoms with van der Waals surface area (Å²) in [6, 6.07) is 20.0. The number of anilines is 1. The molecule has 0 amide bonds. The Labute approximate surface area is 124 Å². The molecule has 0 aliphatic carbocycles. The molecule has 3 aromatic rings. The molecule has 3 rings (SSSR count). The van der Waals surface area contributed by atoms with Crippen LogP contribution in [0.15, 0.2) is 66.9 Å². The minimum atomic E-state index is 0.483. The molecule has 104 valence electrons. The summed E-state index contributed by atoms with van der Waals surface area (Å²) in [5.74, 6) is 1.93. The highest BCUT2D eigenvalue weighted by molar-refractivity contribution is 5.64. The van der Waals surface area contributed by atoms with E-state index in [1.165, 1.54) is 11.1 Å². The van der Waals surface area contributed by atoms with Crippen LogP contribution in [0, 0.1) is 6.92 Å². The Kier molecular flexibility index (Phi) is 3.56. The first-order chi connectivity index (χ1) is 10.2. The summed E-state index contributed by atoms with van der Waals surface area (Å²) in [7, 11) is 0. The van der Waals surface area contributed by atoms with Gasteiger partial charge in [0.05, 0.1) is 6.20 Å². The fraction of sp³-hybridized carbons (Fsp3) is 0.0556. The van der Waals surface area contributed by atoms with Crippen LogP contribution < -0.4 is 10.5 Å². The molecule has 2 aromatic carbocycles. The average Bonchev–Trinajstić information content (AvgIpc) is 2.51. The van der Waals surface area contributed by atoms with Crippen molar-refractivity contribution >= 4 is 5.82 Å². The van der Waals surface area contributed by atoms with E-state index >= 15 is 0 Å². The van der Waals surface area contributed by atoms with E-state index < -0.39 is 0 Å². The minimum absolute atomic E-state index is 0.483. The van der Waals surface area contributed by atoms with Crippen LogP contribution in [0.2, 0.25) is 0 Å². The van der Waals surface area contributed by atoms with Crippen LogP contribution in [0.4, 0.5) is 5.82 Å². The van der Waals surface area contributed by atoms with Gasteiger partial charge in [-0.15, -0.1) is 0 Å². The van der Waals surface area contributed by atoms with Crippen molar-refractivity contribution < 1.29 is 4.74 Å². The van der Waals surface area contributed by atoms with Gasteiger partial charge in [-0.2, -0.15) is 0 Å². The topological polar surface area (TPSA) is 48.1 Å². The van der Waals surface area contributed by atoms with Gasteiger partial charge in [0.15, 0.2) is 0 Å². The molecular weight excluding hydrogens is 260 g/mol. The standard InChI is InChI=1S/C18H16N2O/c1-13-2-4-14(5-3-13)15-6-8-16(9-7-15)21-17-10-11-18(19)20-12-17/h2-12H,1H3,(H2,19,20). The highest BCUT2D eigenvalue weighted by atomic mass is 16.5. The smallest absolute Gasteiger partial charge is 0.145 e. The number of rotatable bonds is 3. The maximum Gasteiger partial charge on any atom is 0.145 e. The van der Waals surface area contributed by atoms with E-state index in [9.17, 15) is 0 Å². The van der Waals surface area contributed by atoms with E-state index in [1.807, 2.05) is 24.3 Å². The quantitative estimate of drug-likeness (QED) is 0.769. The fourth-order valence-electron chi connectivity index (χ4n) is 2.05. The minimum Gasteiger partial charge on any atom is -0.456 e. The van der Waals surface area contributed by atoms with Gasteiger partial charge in [0.1, 0.15) is 17.3 Å². The van der Waals surface area contributed by atoms with E-state index in [0.29, 0.717) is 11.6 Å². The molecule has 0 aliphatic rings. The van der Waals surface area contributed by atoms with E-state index in [0.717, 1.165) is 11.3 Å². The lowest BCUT2D eigenvalue weighted by atomic mass is 10.0. The Bertz CT molecular complexity index is 717. The van der Waals surface area contributed by atoms with Crippen LogP contribution in [0.25, 0.3) is 11.1 Å². The number of hydrogen-bond acceptors (Lipinski definition) is 3. The summed E-state index contributed by atoms with van der Waals surface area (Å²) in [6.07, 6.45) is 1.61. The monoisotopic (exact) mass is 276 g/mol. The number of aromatic nitrogens is 1. The van der Waals surface area contributed by atoms with Crippen LogP contribution in [0.3, 0.4) is 0 Å². The molecule has 0 atom stereocenters. The van der Waals surface area contributed by atoms with Gasteiger partial charge >= 0.3 is 0 Å². The van der Waals surface area contributed by atoms with Crippen molar-refractivity contribution in [3.63, 3.8) is 0 Å². The van der Waals surface area contributed by atoms with Crippen LogP contribution in [0.1, 0.15) is 5.56 Å². The molecule has 21 heavy (non-hydrogen) atoms. The predicted octanol–water partition coefficient (Wildman–Crippen LogP) is 4.43. The molecule has 0 saturated carbocycles. The summed E-state index contributed by atoms with van der Waals surface area (Å²) in [6.45, 7) is 2.08. The van der Waals surface area contributed by atoms with Crippen molar-refractivity contribution in [2.45, 2.75) is 6.92 Å². The van der Waals surface area contributed by atoms with Crippen molar-refractivity contribution in [2.75, 3.05) is 5.73 Å². The van der Waals surface area contributed by atoms with E-state index in [1.54, 1.807) is 18.3 Å². The molecule has 1 aromatic heterocycles. The second-order valence-electron chi connectivity index (χ2n) is 4.91. The average molecular weight is 276 g/mol. The van der Waals surface area contributed by atoms with Gasteiger partial charge in [-0.05, 0) is 42.3 Å². The second kappa shape index (κ2) is 5.67. The lowest BCUT2D eigenvalue weighted by Gasteiger charge is -2.07. The van der Waals surface area contributed by atoms with Crippen molar-refractivity contribution in [2.24, 2.45) is 0 Å². The molecule has 0 aliphatic heterocycles. The second-order valence-corrected chi connectivity index (χ2v) is 4.91. The summed E-state index contributed by atoms with van der Waals surface area (Å²) in [4.78, 5) is 4.00. The Morgan fingerprint density at radius 1 is 0.762 bits per heavy atom. The maximum absolute atomic E-state index is 5.73. The number of nitrogens with two attached hydrogens (primary N) is 1. The first kappa shape index (κ1) is 13.2. The normalized spacial score (nSPS) is 10.3. The molecule has 0 bridgehead atoms. The largest absolute Gasteiger partial charge is 0.456 e. The van der Waals surface area contributed by atoms with E-state index in [2.05, 4.69) is 36.2 Å². The number of hydrogen-bond donors (Lipinski definition) is 1. The molecule has 0 saturated heterocycles. The number of nitrogens with zero attached hydrogens (tertiary/aromatic N) is 1. The zero-order chi connectivity index (χ0) is 14.7. The van der Waals surface area contributed by atoms with Crippen molar-refractivity contribution in [1.29, 1.82) is 0 Å².